The molecule has 2 aliphatic rings. The van der Waals surface area contributed by atoms with Crippen LogP contribution in [-0.4, -0.2) is 30.5 Å². The van der Waals surface area contributed by atoms with Crippen molar-refractivity contribution in [3.05, 3.63) is 94.9 Å². The van der Waals surface area contributed by atoms with Crippen molar-refractivity contribution in [1.82, 2.24) is 4.98 Å². The number of rotatable bonds is 5. The first kappa shape index (κ1) is 21.1. The molecule has 1 aromatic heterocycles. The maximum atomic E-state index is 13.6. The third-order valence-electron chi connectivity index (χ3n) is 5.69. The average molecular weight is 482 g/mol. The van der Waals surface area contributed by atoms with Gasteiger partial charge in [-0.05, 0) is 48.0 Å². The molecule has 0 fully saturated rings. The molecule has 7 nitrogen and oxygen atoms in total. The highest BCUT2D eigenvalue weighted by molar-refractivity contribution is 7.14. The number of thiazole rings is 1. The van der Waals surface area contributed by atoms with Gasteiger partial charge in [-0.3, -0.25) is 4.79 Å². The lowest BCUT2D eigenvalue weighted by Crippen LogP contribution is -2.21. The Morgan fingerprint density at radius 1 is 0.971 bits per heavy atom. The Hall–Kier alpha value is -4.43. The van der Waals surface area contributed by atoms with Crippen LogP contribution in [0.3, 0.4) is 0 Å². The minimum atomic E-state index is -0.239. The first-order valence-corrected chi connectivity index (χ1v) is 11.8. The van der Waals surface area contributed by atoms with Crippen LogP contribution in [0.5, 0.6) is 17.2 Å². The van der Waals surface area contributed by atoms with Gasteiger partial charge in [-0.25, -0.2) is 4.98 Å². The molecule has 2 aliphatic heterocycles. The van der Waals surface area contributed by atoms with Gasteiger partial charge in [0.15, 0.2) is 11.5 Å². The molecular weight excluding hydrogens is 462 g/mol. The molecule has 0 saturated carbocycles. The highest BCUT2D eigenvalue weighted by atomic mass is 32.1. The Morgan fingerprint density at radius 3 is 2.57 bits per heavy atom. The summed E-state index contributed by atoms with van der Waals surface area (Å²) in [5.74, 6) is 1.88. The SMILES string of the molecule is COc1ccc(-c2csc(N3N=C(c4ccccc4)/C(=C/c4ccc5c(c4)OCO5)C3=O)n2)cc1. The van der Waals surface area contributed by atoms with Crippen LogP contribution in [0, 0.1) is 0 Å². The second-order valence-corrected chi connectivity index (χ2v) is 8.68. The van der Waals surface area contributed by atoms with Crippen LogP contribution in [0.4, 0.5) is 5.13 Å². The molecule has 4 aromatic rings. The molecule has 0 unspecified atom stereocenters. The second kappa shape index (κ2) is 8.73. The largest absolute Gasteiger partial charge is 0.497 e. The molecule has 0 bridgehead atoms. The van der Waals surface area contributed by atoms with Gasteiger partial charge in [0.1, 0.15) is 11.5 Å². The number of aromatic nitrogens is 1. The highest BCUT2D eigenvalue weighted by Crippen LogP contribution is 2.36. The van der Waals surface area contributed by atoms with Crippen LogP contribution in [0.2, 0.25) is 0 Å². The van der Waals surface area contributed by atoms with Crippen molar-refractivity contribution in [1.29, 1.82) is 0 Å². The standard InChI is InChI=1S/C27H19N3O4S/c1-32-20-10-8-18(9-11-20)22-15-35-27(28-22)30-26(31)21(25(29-30)19-5-3-2-4-6-19)13-17-7-12-23-24(14-17)34-16-33-23/h2-15H,16H2,1H3/b21-13-. The second-order valence-electron chi connectivity index (χ2n) is 7.85. The minimum absolute atomic E-state index is 0.194. The van der Waals surface area contributed by atoms with Gasteiger partial charge in [0.2, 0.25) is 11.9 Å². The van der Waals surface area contributed by atoms with E-state index in [1.54, 1.807) is 7.11 Å². The summed E-state index contributed by atoms with van der Waals surface area (Å²) in [6.45, 7) is 0.194. The minimum Gasteiger partial charge on any atom is -0.497 e. The number of hydrogen-bond donors (Lipinski definition) is 0. The molecule has 0 aliphatic carbocycles. The lowest BCUT2D eigenvalue weighted by molar-refractivity contribution is -0.114. The number of hydrogen-bond acceptors (Lipinski definition) is 7. The molecule has 1 amide bonds. The number of benzene rings is 3. The van der Waals surface area contributed by atoms with E-state index in [9.17, 15) is 4.79 Å². The van der Waals surface area contributed by atoms with Gasteiger partial charge < -0.3 is 14.2 Å². The third kappa shape index (κ3) is 3.94. The smallest absolute Gasteiger partial charge is 0.283 e. The zero-order valence-corrected chi connectivity index (χ0v) is 19.5. The van der Waals surface area contributed by atoms with E-state index >= 15 is 0 Å². The predicted octanol–water partition coefficient (Wildman–Crippen LogP) is 5.38. The number of amides is 1. The molecule has 6 rings (SSSR count). The number of carbonyl (C=O) groups is 1. The summed E-state index contributed by atoms with van der Waals surface area (Å²) in [7, 11) is 1.63. The van der Waals surface area contributed by atoms with Crippen LogP contribution >= 0.6 is 11.3 Å². The number of anilines is 1. The van der Waals surface area contributed by atoms with Gasteiger partial charge >= 0.3 is 0 Å². The number of methoxy groups -OCH3 is 1. The van der Waals surface area contributed by atoms with Crippen molar-refractivity contribution in [2.24, 2.45) is 5.10 Å². The Kier molecular flexibility index (Phi) is 5.27. The maximum Gasteiger partial charge on any atom is 0.283 e. The molecule has 0 atom stereocenters. The lowest BCUT2D eigenvalue weighted by Gasteiger charge is -2.07. The lowest BCUT2D eigenvalue weighted by atomic mass is 10.0. The third-order valence-corrected chi connectivity index (χ3v) is 6.51. The van der Waals surface area contributed by atoms with Crippen LogP contribution in [0.25, 0.3) is 17.3 Å². The number of carbonyl (C=O) groups excluding carboxylic acids is 1. The van der Waals surface area contributed by atoms with Gasteiger partial charge in [0.05, 0.1) is 18.4 Å². The van der Waals surface area contributed by atoms with E-state index in [0.717, 1.165) is 28.1 Å². The Bertz CT molecular complexity index is 1480. The van der Waals surface area contributed by atoms with Gasteiger partial charge in [-0.2, -0.15) is 10.1 Å². The summed E-state index contributed by atoms with van der Waals surface area (Å²) < 4.78 is 16.1. The fraction of sp³-hybridized carbons (Fsp3) is 0.0741. The summed E-state index contributed by atoms with van der Waals surface area (Å²) in [6, 6.07) is 22.9. The Balaban J connectivity index is 1.38. The Labute approximate surface area is 205 Å². The highest BCUT2D eigenvalue weighted by Gasteiger charge is 2.34. The summed E-state index contributed by atoms with van der Waals surface area (Å²) in [5.41, 5.74) is 4.45. The number of nitrogens with zero attached hydrogens (tertiary/aromatic N) is 3. The first-order valence-electron chi connectivity index (χ1n) is 10.9. The summed E-state index contributed by atoms with van der Waals surface area (Å²) in [5, 5.41) is 8.49. The van der Waals surface area contributed by atoms with Crippen LogP contribution < -0.4 is 19.2 Å². The van der Waals surface area contributed by atoms with Gasteiger partial charge in [-0.15, -0.1) is 11.3 Å². The molecule has 172 valence electrons. The number of hydrazone groups is 1. The molecule has 3 aromatic carbocycles. The summed E-state index contributed by atoms with van der Waals surface area (Å²) in [6.07, 6.45) is 1.83. The molecule has 0 N–H and O–H groups in total. The molecule has 0 radical (unpaired) electrons. The van der Waals surface area contributed by atoms with E-state index in [2.05, 4.69) is 0 Å². The van der Waals surface area contributed by atoms with E-state index in [1.165, 1.54) is 16.3 Å². The fourth-order valence-electron chi connectivity index (χ4n) is 3.91. The predicted molar refractivity (Wildman–Crippen MR) is 135 cm³/mol. The van der Waals surface area contributed by atoms with Crippen molar-refractivity contribution in [3.63, 3.8) is 0 Å². The topological polar surface area (TPSA) is 73.2 Å². The van der Waals surface area contributed by atoms with E-state index in [1.807, 2.05) is 84.3 Å². The molecule has 0 saturated heterocycles. The maximum absolute atomic E-state index is 13.6. The molecule has 8 heteroatoms. The quantitative estimate of drug-likeness (QED) is 0.358. The molecular formula is C27H19N3O4S. The molecule has 0 spiro atoms. The molecule has 3 heterocycles. The van der Waals surface area contributed by atoms with Crippen LogP contribution in [0.15, 0.2) is 88.9 Å². The van der Waals surface area contributed by atoms with Gasteiger partial charge in [0, 0.05) is 16.5 Å². The van der Waals surface area contributed by atoms with Crippen LogP contribution in [0.1, 0.15) is 11.1 Å². The molecule has 35 heavy (non-hydrogen) atoms. The van der Waals surface area contributed by atoms with Crippen molar-refractivity contribution in [2.45, 2.75) is 0 Å². The van der Waals surface area contributed by atoms with E-state index in [-0.39, 0.29) is 12.7 Å². The fourth-order valence-corrected chi connectivity index (χ4v) is 4.69. The summed E-state index contributed by atoms with van der Waals surface area (Å²) in [4.78, 5) is 18.3. The first-order chi connectivity index (χ1) is 17.2. The zero-order chi connectivity index (χ0) is 23.8. The van der Waals surface area contributed by atoms with E-state index in [4.69, 9.17) is 24.3 Å². The van der Waals surface area contributed by atoms with Gasteiger partial charge in [0.25, 0.3) is 5.91 Å². The summed E-state index contributed by atoms with van der Waals surface area (Å²) >= 11 is 1.37. The Morgan fingerprint density at radius 2 is 1.77 bits per heavy atom. The number of ether oxygens (including phenoxy) is 3. The van der Waals surface area contributed by atoms with Crippen molar-refractivity contribution >= 4 is 34.2 Å². The normalized spacial score (nSPS) is 15.6. The average Bonchev–Trinajstić information content (AvgIpc) is 3.64. The zero-order valence-electron chi connectivity index (χ0n) is 18.7. The van der Waals surface area contributed by atoms with Gasteiger partial charge in [-0.1, -0.05) is 36.4 Å². The van der Waals surface area contributed by atoms with E-state index < -0.39 is 0 Å². The van der Waals surface area contributed by atoms with Crippen LogP contribution in [-0.2, 0) is 4.79 Å². The monoisotopic (exact) mass is 481 g/mol. The van der Waals surface area contributed by atoms with Crippen molar-refractivity contribution < 1.29 is 19.0 Å². The van der Waals surface area contributed by atoms with E-state index in [0.29, 0.717) is 27.9 Å². The number of fused-ring (bicyclic) bond motifs is 1. The van der Waals surface area contributed by atoms with Crippen molar-refractivity contribution in [2.75, 3.05) is 18.9 Å². The van der Waals surface area contributed by atoms with Crippen molar-refractivity contribution in [3.8, 4) is 28.5 Å².